The number of nitrogens with zero attached hydrogens (tertiary/aromatic N) is 3. The molecule has 1 aliphatic rings. The number of hydrogen-bond acceptors (Lipinski definition) is 4. The predicted molar refractivity (Wildman–Crippen MR) is 83.6 cm³/mol. The van der Waals surface area contributed by atoms with Crippen LogP contribution in [-0.2, 0) is 6.42 Å². The number of amides is 1. The van der Waals surface area contributed by atoms with Crippen molar-refractivity contribution in [1.82, 2.24) is 14.8 Å². The molecule has 0 bridgehead atoms. The van der Waals surface area contributed by atoms with Crippen molar-refractivity contribution in [3.8, 4) is 0 Å². The van der Waals surface area contributed by atoms with E-state index in [-0.39, 0.29) is 11.9 Å². The van der Waals surface area contributed by atoms with E-state index in [0.717, 1.165) is 19.4 Å². The lowest BCUT2D eigenvalue weighted by molar-refractivity contribution is 0.0672. The number of rotatable bonds is 4. The Morgan fingerprint density at radius 3 is 2.77 bits per heavy atom. The Morgan fingerprint density at radius 2 is 2.14 bits per heavy atom. The van der Waals surface area contributed by atoms with Crippen LogP contribution in [0.3, 0.4) is 0 Å². The molecule has 5 heteroatoms. The normalized spacial score (nSPS) is 21.5. The number of pyridine rings is 1. The van der Waals surface area contributed by atoms with E-state index in [2.05, 4.69) is 24.0 Å². The van der Waals surface area contributed by atoms with Gasteiger partial charge in [-0.2, -0.15) is 0 Å². The summed E-state index contributed by atoms with van der Waals surface area (Å²) in [5, 5.41) is 0. The van der Waals surface area contributed by atoms with Gasteiger partial charge in [0.25, 0.3) is 5.91 Å². The van der Waals surface area contributed by atoms with Crippen molar-refractivity contribution < 1.29 is 9.21 Å². The van der Waals surface area contributed by atoms with Gasteiger partial charge in [-0.15, -0.1) is 0 Å². The molecule has 1 saturated heterocycles. The topological polar surface area (TPSA) is 49.6 Å². The maximum absolute atomic E-state index is 12.7. The summed E-state index contributed by atoms with van der Waals surface area (Å²) >= 11 is 0. The number of hydrogen-bond donors (Lipinski definition) is 0. The van der Waals surface area contributed by atoms with E-state index in [9.17, 15) is 4.79 Å². The first-order valence-electron chi connectivity index (χ1n) is 7.56. The standard InChI is InChI=1S/C17H21N3O2/c1-19(2)14-7-10-20(17(21)16-4-3-11-22-16)15(14)12-13-5-8-18-9-6-13/h3-6,8-9,11,14-15H,7,10,12H2,1-2H3/t14-,15+/m1/s1. The van der Waals surface area contributed by atoms with Crippen molar-refractivity contribution in [2.75, 3.05) is 20.6 Å². The Hall–Kier alpha value is -2.14. The SMILES string of the molecule is CN(C)[C@@H]1CCN(C(=O)c2ccco2)[C@H]1Cc1ccncc1. The molecule has 0 aliphatic carbocycles. The highest BCUT2D eigenvalue weighted by atomic mass is 16.3. The molecule has 3 heterocycles. The smallest absolute Gasteiger partial charge is 0.289 e. The lowest BCUT2D eigenvalue weighted by Crippen LogP contribution is -2.45. The summed E-state index contributed by atoms with van der Waals surface area (Å²) in [7, 11) is 4.15. The second kappa shape index (κ2) is 6.32. The average molecular weight is 299 g/mol. The Morgan fingerprint density at radius 1 is 1.36 bits per heavy atom. The largest absolute Gasteiger partial charge is 0.459 e. The van der Waals surface area contributed by atoms with Crippen molar-refractivity contribution in [2.45, 2.75) is 24.9 Å². The summed E-state index contributed by atoms with van der Waals surface area (Å²) in [6.45, 7) is 0.762. The van der Waals surface area contributed by atoms with Gasteiger partial charge < -0.3 is 14.2 Å². The molecule has 0 N–H and O–H groups in total. The maximum Gasteiger partial charge on any atom is 0.289 e. The van der Waals surface area contributed by atoms with E-state index < -0.39 is 0 Å². The molecule has 3 rings (SSSR count). The van der Waals surface area contributed by atoms with Gasteiger partial charge in [-0.1, -0.05) is 0 Å². The van der Waals surface area contributed by atoms with Gasteiger partial charge in [-0.05, 0) is 56.8 Å². The van der Waals surface area contributed by atoms with Crippen molar-refractivity contribution in [2.24, 2.45) is 0 Å². The lowest BCUT2D eigenvalue weighted by Gasteiger charge is -2.31. The first-order chi connectivity index (χ1) is 10.7. The molecule has 2 aromatic heterocycles. The molecule has 0 spiro atoms. The molecule has 5 nitrogen and oxygen atoms in total. The highest BCUT2D eigenvalue weighted by Crippen LogP contribution is 2.26. The number of likely N-dealkylation sites (N-methyl/N-ethyl adjacent to an activating group) is 1. The van der Waals surface area contributed by atoms with Gasteiger partial charge in [0.15, 0.2) is 5.76 Å². The number of carbonyl (C=O) groups excluding carboxylic acids is 1. The summed E-state index contributed by atoms with van der Waals surface area (Å²) in [4.78, 5) is 20.9. The van der Waals surface area contributed by atoms with Crippen molar-refractivity contribution in [1.29, 1.82) is 0 Å². The molecule has 0 aromatic carbocycles. The highest BCUT2D eigenvalue weighted by Gasteiger charge is 2.39. The molecule has 22 heavy (non-hydrogen) atoms. The van der Waals surface area contributed by atoms with E-state index in [0.29, 0.717) is 11.8 Å². The van der Waals surface area contributed by atoms with Gasteiger partial charge in [-0.3, -0.25) is 9.78 Å². The van der Waals surface area contributed by atoms with Crippen molar-refractivity contribution >= 4 is 5.91 Å². The van der Waals surface area contributed by atoms with E-state index in [1.54, 1.807) is 30.8 Å². The van der Waals surface area contributed by atoms with Gasteiger partial charge in [0.05, 0.1) is 12.3 Å². The number of carbonyl (C=O) groups is 1. The zero-order valence-electron chi connectivity index (χ0n) is 13.0. The molecule has 0 saturated carbocycles. The Balaban J connectivity index is 1.84. The Kier molecular flexibility index (Phi) is 4.24. The van der Waals surface area contributed by atoms with E-state index in [4.69, 9.17) is 4.42 Å². The minimum atomic E-state index is -0.0200. The Labute approximate surface area is 130 Å². The summed E-state index contributed by atoms with van der Waals surface area (Å²) in [5.41, 5.74) is 1.20. The second-order valence-corrected chi connectivity index (χ2v) is 5.92. The van der Waals surface area contributed by atoms with Crippen LogP contribution in [0.15, 0.2) is 47.3 Å². The molecular weight excluding hydrogens is 278 g/mol. The number of likely N-dealkylation sites (tertiary alicyclic amines) is 1. The fraction of sp³-hybridized carbons (Fsp3) is 0.412. The van der Waals surface area contributed by atoms with Crippen LogP contribution in [0.4, 0.5) is 0 Å². The van der Waals surface area contributed by atoms with E-state index in [1.807, 2.05) is 17.0 Å². The first-order valence-corrected chi connectivity index (χ1v) is 7.56. The fourth-order valence-electron chi connectivity index (χ4n) is 3.24. The minimum absolute atomic E-state index is 0.0200. The summed E-state index contributed by atoms with van der Waals surface area (Å²) in [6.07, 6.45) is 6.96. The molecule has 2 atom stereocenters. The van der Waals surface area contributed by atoms with Crippen LogP contribution in [0.2, 0.25) is 0 Å². The van der Waals surface area contributed by atoms with Crippen LogP contribution in [0.25, 0.3) is 0 Å². The molecule has 116 valence electrons. The summed E-state index contributed by atoms with van der Waals surface area (Å²) in [6, 6.07) is 8.02. The third kappa shape index (κ3) is 2.90. The number of furan rings is 1. The molecular formula is C17H21N3O2. The van der Waals surface area contributed by atoms with Gasteiger partial charge in [0, 0.05) is 25.0 Å². The molecule has 2 aromatic rings. The lowest BCUT2D eigenvalue weighted by atomic mass is 10.00. The van der Waals surface area contributed by atoms with Gasteiger partial charge in [0.2, 0.25) is 0 Å². The third-order valence-corrected chi connectivity index (χ3v) is 4.36. The van der Waals surface area contributed by atoms with Crippen LogP contribution in [-0.4, -0.2) is 53.4 Å². The molecule has 1 amide bonds. The maximum atomic E-state index is 12.7. The quantitative estimate of drug-likeness (QED) is 0.867. The summed E-state index contributed by atoms with van der Waals surface area (Å²) < 4.78 is 5.29. The monoisotopic (exact) mass is 299 g/mol. The minimum Gasteiger partial charge on any atom is -0.459 e. The van der Waals surface area contributed by atoms with Gasteiger partial charge in [0.1, 0.15) is 0 Å². The van der Waals surface area contributed by atoms with Crippen LogP contribution in [0.5, 0.6) is 0 Å². The average Bonchev–Trinajstić information content (AvgIpc) is 3.17. The van der Waals surface area contributed by atoms with Gasteiger partial charge in [-0.25, -0.2) is 0 Å². The highest BCUT2D eigenvalue weighted by molar-refractivity contribution is 5.92. The van der Waals surface area contributed by atoms with Crippen LogP contribution >= 0.6 is 0 Å². The van der Waals surface area contributed by atoms with Crippen molar-refractivity contribution in [3.63, 3.8) is 0 Å². The zero-order valence-corrected chi connectivity index (χ0v) is 13.0. The van der Waals surface area contributed by atoms with Gasteiger partial charge >= 0.3 is 0 Å². The third-order valence-electron chi connectivity index (χ3n) is 4.36. The summed E-state index contributed by atoms with van der Waals surface area (Å²) in [5.74, 6) is 0.396. The fourth-order valence-corrected chi connectivity index (χ4v) is 3.24. The first kappa shape index (κ1) is 14.8. The zero-order chi connectivity index (χ0) is 15.5. The van der Waals surface area contributed by atoms with E-state index >= 15 is 0 Å². The Bertz CT molecular complexity index is 610. The van der Waals surface area contributed by atoms with Crippen LogP contribution < -0.4 is 0 Å². The van der Waals surface area contributed by atoms with Crippen molar-refractivity contribution in [3.05, 3.63) is 54.2 Å². The number of aromatic nitrogens is 1. The van der Waals surface area contributed by atoms with Crippen LogP contribution in [0.1, 0.15) is 22.5 Å². The molecule has 1 aliphatic heterocycles. The van der Waals surface area contributed by atoms with Crippen LogP contribution in [0, 0.1) is 0 Å². The second-order valence-electron chi connectivity index (χ2n) is 5.92. The molecule has 0 unspecified atom stereocenters. The molecule has 0 radical (unpaired) electrons. The molecule has 1 fully saturated rings. The predicted octanol–water partition coefficient (Wildman–Crippen LogP) is 2.06. The van der Waals surface area contributed by atoms with E-state index in [1.165, 1.54) is 5.56 Å².